The summed E-state index contributed by atoms with van der Waals surface area (Å²) in [7, 11) is 0. The highest BCUT2D eigenvalue weighted by Gasteiger charge is 2.18. The van der Waals surface area contributed by atoms with Crippen LogP contribution in [0.15, 0.2) is 53.3 Å². The number of hydrogen-bond donors (Lipinski definition) is 0. The number of Topliss-reactive ketones (excluding diaryl/α,β-unsaturated/α-hetero) is 1. The highest BCUT2D eigenvalue weighted by atomic mass is 79.9. The molecule has 0 radical (unpaired) electrons. The maximum absolute atomic E-state index is 12.4. The van der Waals surface area contributed by atoms with Gasteiger partial charge in [0.15, 0.2) is 6.54 Å². The van der Waals surface area contributed by atoms with Crippen molar-refractivity contribution in [3.05, 3.63) is 70.1 Å². The van der Waals surface area contributed by atoms with Gasteiger partial charge in [0.2, 0.25) is 5.78 Å². The van der Waals surface area contributed by atoms with E-state index in [1.165, 1.54) is 5.56 Å². The molecule has 0 unspecified atom stereocenters. The molecule has 0 aliphatic rings. The number of fused-ring (bicyclic) bond motifs is 1. The first-order chi connectivity index (χ1) is 10.0. The molecule has 3 aromatic rings. The molecule has 0 bridgehead atoms. The second-order valence-corrected chi connectivity index (χ2v) is 6.17. The third kappa shape index (κ3) is 3.31. The molecular formula is C17H16Br2N2O. The lowest BCUT2D eigenvalue weighted by atomic mass is 10.1. The Morgan fingerprint density at radius 1 is 1.09 bits per heavy atom. The van der Waals surface area contributed by atoms with Crippen LogP contribution >= 0.6 is 15.9 Å². The maximum Gasteiger partial charge on any atom is 0.286 e. The number of halogens is 2. The normalized spacial score (nSPS) is 10.5. The summed E-state index contributed by atoms with van der Waals surface area (Å²) >= 11 is 3.39. The Balaban J connectivity index is 0.00000176. The van der Waals surface area contributed by atoms with E-state index in [4.69, 9.17) is 0 Å². The minimum atomic E-state index is 0. The SMILES string of the molecule is Cc1ccc2n(CC(=O)c3ccc(Br)cc3)c(C)c[n+]2c1.[Br-]. The topological polar surface area (TPSA) is 26.1 Å². The van der Waals surface area contributed by atoms with Gasteiger partial charge in [-0.2, -0.15) is 0 Å². The Hall–Kier alpha value is -1.46. The van der Waals surface area contributed by atoms with Crippen molar-refractivity contribution in [3.63, 3.8) is 0 Å². The minimum absolute atomic E-state index is 0. The fourth-order valence-corrected chi connectivity index (χ4v) is 2.75. The van der Waals surface area contributed by atoms with Gasteiger partial charge in [-0.1, -0.05) is 28.1 Å². The lowest BCUT2D eigenvalue weighted by molar-refractivity contribution is -0.511. The minimum Gasteiger partial charge on any atom is -1.00 e. The summed E-state index contributed by atoms with van der Waals surface area (Å²) in [5.41, 5.74) is 4.04. The number of imidazole rings is 1. The number of nitrogens with zero attached hydrogens (tertiary/aromatic N) is 2. The van der Waals surface area contributed by atoms with Gasteiger partial charge in [0.05, 0.1) is 6.20 Å². The van der Waals surface area contributed by atoms with Crippen molar-refractivity contribution in [3.8, 4) is 0 Å². The van der Waals surface area contributed by atoms with Gasteiger partial charge in [0.25, 0.3) is 5.65 Å². The quantitative estimate of drug-likeness (QED) is 0.445. The highest BCUT2D eigenvalue weighted by molar-refractivity contribution is 9.10. The van der Waals surface area contributed by atoms with Crippen LogP contribution in [-0.4, -0.2) is 10.4 Å². The number of carbonyl (C=O) groups is 1. The van der Waals surface area contributed by atoms with Crippen LogP contribution in [0.3, 0.4) is 0 Å². The number of pyridine rings is 1. The second kappa shape index (κ2) is 6.75. The molecule has 0 N–H and O–H groups in total. The van der Waals surface area contributed by atoms with Crippen LogP contribution < -0.4 is 21.4 Å². The Kier molecular flexibility index (Phi) is 5.19. The molecule has 0 amide bonds. The Bertz CT molecular complexity index is 823. The van der Waals surface area contributed by atoms with E-state index in [2.05, 4.69) is 51.8 Å². The van der Waals surface area contributed by atoms with Crippen LogP contribution in [0.5, 0.6) is 0 Å². The molecule has 0 aliphatic carbocycles. The first-order valence-electron chi connectivity index (χ1n) is 6.81. The van der Waals surface area contributed by atoms with Gasteiger partial charge in [-0.05, 0) is 30.7 Å². The molecule has 5 heteroatoms. The largest absolute Gasteiger partial charge is 1.00 e. The van der Waals surface area contributed by atoms with Crippen molar-refractivity contribution in [2.24, 2.45) is 0 Å². The van der Waals surface area contributed by atoms with Gasteiger partial charge in [0.1, 0.15) is 11.9 Å². The number of aromatic nitrogens is 2. The molecule has 2 aromatic heterocycles. The number of carbonyl (C=O) groups excluding carboxylic acids is 1. The molecule has 0 saturated heterocycles. The van der Waals surface area contributed by atoms with Crippen LogP contribution in [-0.2, 0) is 6.54 Å². The van der Waals surface area contributed by atoms with Crippen LogP contribution in [0.2, 0.25) is 0 Å². The molecule has 22 heavy (non-hydrogen) atoms. The van der Waals surface area contributed by atoms with Crippen molar-refractivity contribution >= 4 is 27.4 Å². The van der Waals surface area contributed by atoms with Gasteiger partial charge in [-0.15, -0.1) is 0 Å². The molecular weight excluding hydrogens is 408 g/mol. The number of rotatable bonds is 3. The third-order valence-electron chi connectivity index (χ3n) is 3.60. The lowest BCUT2D eigenvalue weighted by Gasteiger charge is -2.01. The number of aryl methyl sites for hydroxylation is 2. The van der Waals surface area contributed by atoms with Gasteiger partial charge in [-0.25, -0.2) is 8.97 Å². The number of hydrogen-bond acceptors (Lipinski definition) is 1. The average molecular weight is 424 g/mol. The molecule has 3 nitrogen and oxygen atoms in total. The van der Waals surface area contributed by atoms with E-state index in [-0.39, 0.29) is 22.8 Å². The summed E-state index contributed by atoms with van der Waals surface area (Å²) in [4.78, 5) is 12.4. The van der Waals surface area contributed by atoms with E-state index in [9.17, 15) is 4.79 Å². The smallest absolute Gasteiger partial charge is 0.286 e. The zero-order chi connectivity index (χ0) is 15.0. The van der Waals surface area contributed by atoms with Gasteiger partial charge in [-0.3, -0.25) is 4.79 Å². The van der Waals surface area contributed by atoms with E-state index in [0.717, 1.165) is 21.4 Å². The van der Waals surface area contributed by atoms with Crippen molar-refractivity contribution in [2.75, 3.05) is 0 Å². The predicted molar refractivity (Wildman–Crippen MR) is 85.5 cm³/mol. The third-order valence-corrected chi connectivity index (χ3v) is 4.13. The van der Waals surface area contributed by atoms with Crippen molar-refractivity contribution < 1.29 is 26.2 Å². The Morgan fingerprint density at radius 3 is 2.45 bits per heavy atom. The van der Waals surface area contributed by atoms with Gasteiger partial charge in [0, 0.05) is 23.0 Å². The standard InChI is InChI=1S/C17H16BrN2O.BrH/c1-12-3-8-17-19(9-12)10-13(2)20(17)11-16(21)14-4-6-15(18)7-5-14;/h3-10H,11H2,1-2H3;1H/q+1;/p-1. The summed E-state index contributed by atoms with van der Waals surface area (Å²) in [6.45, 7) is 4.44. The second-order valence-electron chi connectivity index (χ2n) is 5.26. The molecule has 0 saturated carbocycles. The van der Waals surface area contributed by atoms with E-state index in [1.54, 1.807) is 0 Å². The first kappa shape index (κ1) is 16.9. The molecule has 2 heterocycles. The maximum atomic E-state index is 12.4. The molecule has 0 fully saturated rings. The zero-order valence-corrected chi connectivity index (χ0v) is 15.6. The summed E-state index contributed by atoms with van der Waals surface area (Å²) < 4.78 is 5.09. The van der Waals surface area contributed by atoms with E-state index in [0.29, 0.717) is 6.54 Å². The molecule has 0 spiro atoms. The Morgan fingerprint density at radius 2 is 1.77 bits per heavy atom. The molecule has 3 rings (SSSR count). The summed E-state index contributed by atoms with van der Waals surface area (Å²) in [6, 6.07) is 11.6. The summed E-state index contributed by atoms with van der Waals surface area (Å²) in [6.07, 6.45) is 4.13. The van der Waals surface area contributed by atoms with E-state index >= 15 is 0 Å². The molecule has 114 valence electrons. The van der Waals surface area contributed by atoms with Crippen LogP contribution in [0, 0.1) is 13.8 Å². The highest BCUT2D eigenvalue weighted by Crippen LogP contribution is 2.13. The average Bonchev–Trinajstić information content (AvgIpc) is 2.75. The zero-order valence-electron chi connectivity index (χ0n) is 12.4. The lowest BCUT2D eigenvalue weighted by Crippen LogP contribution is -3.00. The van der Waals surface area contributed by atoms with E-state index in [1.807, 2.05) is 35.8 Å². The monoisotopic (exact) mass is 422 g/mol. The number of ketones is 1. The van der Waals surface area contributed by atoms with Crippen molar-refractivity contribution in [2.45, 2.75) is 20.4 Å². The van der Waals surface area contributed by atoms with E-state index < -0.39 is 0 Å². The van der Waals surface area contributed by atoms with Crippen LogP contribution in [0.25, 0.3) is 5.65 Å². The molecule has 0 atom stereocenters. The van der Waals surface area contributed by atoms with Crippen LogP contribution in [0.4, 0.5) is 0 Å². The van der Waals surface area contributed by atoms with Crippen molar-refractivity contribution in [1.29, 1.82) is 0 Å². The molecule has 0 aliphatic heterocycles. The predicted octanol–water partition coefficient (Wildman–Crippen LogP) is 0.493. The van der Waals surface area contributed by atoms with Gasteiger partial charge < -0.3 is 17.0 Å². The fraction of sp³-hybridized carbons (Fsp3) is 0.176. The summed E-state index contributed by atoms with van der Waals surface area (Å²) in [5, 5.41) is 0. The number of benzene rings is 1. The molecule has 1 aromatic carbocycles. The van der Waals surface area contributed by atoms with Crippen molar-refractivity contribution in [1.82, 2.24) is 4.57 Å². The fourth-order valence-electron chi connectivity index (χ4n) is 2.48. The Labute approximate surface area is 148 Å². The van der Waals surface area contributed by atoms with Gasteiger partial charge >= 0.3 is 0 Å². The van der Waals surface area contributed by atoms with Crippen LogP contribution in [0.1, 0.15) is 21.6 Å². The summed E-state index contributed by atoms with van der Waals surface area (Å²) in [5.74, 6) is 0.115. The first-order valence-corrected chi connectivity index (χ1v) is 7.60.